The summed E-state index contributed by atoms with van der Waals surface area (Å²) in [4.78, 5) is 24.8. The molecule has 6 nitrogen and oxygen atoms in total. The molecule has 0 fully saturated rings. The number of hydrogen-bond acceptors (Lipinski definition) is 4. The zero-order valence-electron chi connectivity index (χ0n) is 12.1. The molecule has 7 heteroatoms. The summed E-state index contributed by atoms with van der Waals surface area (Å²) in [5.41, 5.74) is 5.69. The summed E-state index contributed by atoms with van der Waals surface area (Å²) < 4.78 is 0. The highest BCUT2D eigenvalue weighted by Crippen LogP contribution is 2.17. The maximum Gasteiger partial charge on any atom is 0.270 e. The zero-order valence-corrected chi connectivity index (χ0v) is 12.9. The summed E-state index contributed by atoms with van der Waals surface area (Å²) in [6.07, 6.45) is 1.21. The first kappa shape index (κ1) is 17.0. The lowest BCUT2D eigenvalue weighted by Crippen LogP contribution is -2.40. The Bertz CT molecular complexity index is 548. The smallest absolute Gasteiger partial charge is 0.270 e. The van der Waals surface area contributed by atoms with Crippen LogP contribution in [0.2, 0.25) is 0 Å². The molecule has 1 atom stereocenters. The van der Waals surface area contributed by atoms with Crippen molar-refractivity contribution < 1.29 is 9.72 Å². The number of nitro benzene ring substituents is 1. The molecule has 0 saturated carbocycles. The molecule has 0 saturated heterocycles. The maximum atomic E-state index is 12.6. The van der Waals surface area contributed by atoms with Crippen LogP contribution in [0.1, 0.15) is 37.0 Å². The number of hydrogen-bond donors (Lipinski definition) is 1. The van der Waals surface area contributed by atoms with Crippen LogP contribution in [-0.2, 0) is 0 Å². The number of nitro groups is 1. The minimum Gasteiger partial charge on any atom is -0.393 e. The van der Waals surface area contributed by atoms with Crippen LogP contribution in [0.15, 0.2) is 24.3 Å². The number of nitrogens with two attached hydrogens (primary N) is 1. The van der Waals surface area contributed by atoms with Crippen LogP contribution in [0.4, 0.5) is 5.69 Å². The predicted molar refractivity (Wildman–Crippen MR) is 85.3 cm³/mol. The van der Waals surface area contributed by atoms with Gasteiger partial charge >= 0.3 is 0 Å². The van der Waals surface area contributed by atoms with E-state index in [0.717, 1.165) is 6.42 Å². The molecule has 0 bridgehead atoms. The number of carbonyl (C=O) groups excluding carboxylic acids is 1. The molecule has 2 N–H and O–H groups in total. The second kappa shape index (κ2) is 7.68. The molecule has 1 aromatic rings. The molecule has 0 aromatic heterocycles. The van der Waals surface area contributed by atoms with Crippen molar-refractivity contribution in [2.24, 2.45) is 5.73 Å². The Morgan fingerprint density at radius 2 is 2.19 bits per heavy atom. The normalized spacial score (nSPS) is 11.7. The third kappa shape index (κ3) is 4.78. The van der Waals surface area contributed by atoms with Crippen molar-refractivity contribution in [1.29, 1.82) is 0 Å². The lowest BCUT2D eigenvalue weighted by atomic mass is 10.1. The van der Waals surface area contributed by atoms with Crippen molar-refractivity contribution >= 4 is 28.8 Å². The van der Waals surface area contributed by atoms with Gasteiger partial charge in [-0.25, -0.2) is 0 Å². The fourth-order valence-electron chi connectivity index (χ4n) is 1.89. The highest BCUT2D eigenvalue weighted by atomic mass is 32.1. The van der Waals surface area contributed by atoms with E-state index >= 15 is 0 Å². The molecule has 0 radical (unpaired) electrons. The maximum absolute atomic E-state index is 12.6. The summed E-state index contributed by atoms with van der Waals surface area (Å²) in [5, 5.41) is 10.8. The van der Waals surface area contributed by atoms with E-state index in [1.165, 1.54) is 18.2 Å². The fraction of sp³-hybridized carbons (Fsp3) is 0.429. The minimum atomic E-state index is -0.515. The van der Waals surface area contributed by atoms with Gasteiger partial charge in [0, 0.05) is 36.7 Å². The minimum absolute atomic E-state index is 0.00566. The standard InChI is InChI=1S/C14H19N3O3S/c1-3-10(2)16(8-7-13(15)21)14(18)11-5-4-6-12(9-11)17(19)20/h4-6,9-10H,3,7-8H2,1-2H3,(H2,15,21). The summed E-state index contributed by atoms with van der Waals surface area (Å²) in [6, 6.07) is 5.74. The number of nitrogens with zero attached hydrogens (tertiary/aromatic N) is 2. The lowest BCUT2D eigenvalue weighted by Gasteiger charge is -2.28. The van der Waals surface area contributed by atoms with Crippen molar-refractivity contribution in [2.45, 2.75) is 32.7 Å². The van der Waals surface area contributed by atoms with Crippen LogP contribution < -0.4 is 5.73 Å². The van der Waals surface area contributed by atoms with Gasteiger partial charge in [0.15, 0.2) is 0 Å². The van der Waals surface area contributed by atoms with Crippen LogP contribution in [-0.4, -0.2) is 33.3 Å². The Hall–Kier alpha value is -2.02. The topological polar surface area (TPSA) is 89.5 Å². The largest absolute Gasteiger partial charge is 0.393 e. The molecule has 21 heavy (non-hydrogen) atoms. The summed E-state index contributed by atoms with van der Waals surface area (Å²) >= 11 is 4.85. The average Bonchev–Trinajstić information content (AvgIpc) is 2.46. The highest BCUT2D eigenvalue weighted by molar-refractivity contribution is 7.80. The van der Waals surface area contributed by atoms with E-state index < -0.39 is 4.92 Å². The first-order valence-corrected chi connectivity index (χ1v) is 7.11. The molecule has 1 amide bonds. The molecule has 1 unspecified atom stereocenters. The molecular formula is C14H19N3O3S. The second-order valence-electron chi connectivity index (χ2n) is 4.78. The number of rotatable bonds is 7. The summed E-state index contributed by atoms with van der Waals surface area (Å²) in [7, 11) is 0. The lowest BCUT2D eigenvalue weighted by molar-refractivity contribution is -0.384. The Kier molecular flexibility index (Phi) is 6.23. The third-order valence-electron chi connectivity index (χ3n) is 3.29. The first-order valence-electron chi connectivity index (χ1n) is 6.70. The van der Waals surface area contributed by atoms with Gasteiger partial charge in [-0.3, -0.25) is 14.9 Å². The number of amides is 1. The van der Waals surface area contributed by atoms with Crippen molar-refractivity contribution in [3.05, 3.63) is 39.9 Å². The first-order chi connectivity index (χ1) is 9.86. The summed E-state index contributed by atoms with van der Waals surface area (Å²) in [6.45, 7) is 4.31. The van der Waals surface area contributed by atoms with Gasteiger partial charge in [0.05, 0.1) is 9.91 Å². The SMILES string of the molecule is CCC(C)N(CCC(N)=S)C(=O)c1cccc([N+](=O)[O-])c1. The van der Waals surface area contributed by atoms with E-state index in [0.29, 0.717) is 23.5 Å². The van der Waals surface area contributed by atoms with Crippen LogP contribution >= 0.6 is 12.2 Å². The van der Waals surface area contributed by atoms with Gasteiger partial charge in [0.2, 0.25) is 0 Å². The van der Waals surface area contributed by atoms with Gasteiger partial charge < -0.3 is 10.6 Å². The number of carbonyl (C=O) groups is 1. The Balaban J connectivity index is 3.01. The van der Waals surface area contributed by atoms with E-state index in [4.69, 9.17) is 18.0 Å². The van der Waals surface area contributed by atoms with Crippen molar-refractivity contribution in [3.8, 4) is 0 Å². The van der Waals surface area contributed by atoms with Gasteiger partial charge in [-0.2, -0.15) is 0 Å². The molecule has 114 valence electrons. The van der Waals surface area contributed by atoms with Crippen molar-refractivity contribution in [2.75, 3.05) is 6.54 Å². The van der Waals surface area contributed by atoms with Crippen molar-refractivity contribution in [1.82, 2.24) is 4.90 Å². The number of non-ortho nitro benzene ring substituents is 1. The van der Waals surface area contributed by atoms with Gasteiger partial charge in [0.25, 0.3) is 11.6 Å². The zero-order chi connectivity index (χ0) is 16.0. The molecule has 0 aliphatic carbocycles. The molecule has 0 spiro atoms. The van der Waals surface area contributed by atoms with Crippen molar-refractivity contribution in [3.63, 3.8) is 0 Å². The van der Waals surface area contributed by atoms with E-state index in [9.17, 15) is 14.9 Å². The van der Waals surface area contributed by atoms with Gasteiger partial charge in [-0.1, -0.05) is 25.2 Å². The van der Waals surface area contributed by atoms with Crippen LogP contribution in [0.3, 0.4) is 0 Å². The number of benzene rings is 1. The molecule has 1 rings (SSSR count). The monoisotopic (exact) mass is 309 g/mol. The van der Waals surface area contributed by atoms with Gasteiger partial charge in [0.1, 0.15) is 0 Å². The predicted octanol–water partition coefficient (Wildman–Crippen LogP) is 2.51. The quantitative estimate of drug-likeness (QED) is 0.475. The average molecular weight is 309 g/mol. The molecule has 0 aliphatic rings. The van der Waals surface area contributed by atoms with Crippen LogP contribution in [0.5, 0.6) is 0 Å². The summed E-state index contributed by atoms with van der Waals surface area (Å²) in [5.74, 6) is -0.246. The van der Waals surface area contributed by atoms with E-state index in [2.05, 4.69) is 0 Å². The molecule has 1 aromatic carbocycles. The van der Waals surface area contributed by atoms with E-state index in [-0.39, 0.29) is 17.6 Å². The fourth-order valence-corrected chi connectivity index (χ4v) is 1.98. The van der Waals surface area contributed by atoms with Crippen LogP contribution in [0.25, 0.3) is 0 Å². The molecule has 0 aliphatic heterocycles. The third-order valence-corrected chi connectivity index (χ3v) is 3.49. The van der Waals surface area contributed by atoms with Gasteiger partial charge in [-0.05, 0) is 19.4 Å². The highest BCUT2D eigenvalue weighted by Gasteiger charge is 2.21. The Morgan fingerprint density at radius 1 is 1.52 bits per heavy atom. The Labute approximate surface area is 129 Å². The van der Waals surface area contributed by atoms with Gasteiger partial charge in [-0.15, -0.1) is 0 Å². The molecular weight excluding hydrogens is 290 g/mol. The second-order valence-corrected chi connectivity index (χ2v) is 5.30. The van der Waals surface area contributed by atoms with E-state index in [1.807, 2.05) is 13.8 Å². The molecule has 0 heterocycles. The Morgan fingerprint density at radius 3 is 2.71 bits per heavy atom. The number of thiocarbonyl (C=S) groups is 1. The van der Waals surface area contributed by atoms with E-state index in [1.54, 1.807) is 11.0 Å². The van der Waals surface area contributed by atoms with Crippen LogP contribution in [0, 0.1) is 10.1 Å².